The van der Waals surface area contributed by atoms with Gasteiger partial charge in [0.25, 0.3) is 0 Å². The zero-order valence-electron chi connectivity index (χ0n) is 15.2. The van der Waals surface area contributed by atoms with Crippen LogP contribution in [0.5, 0.6) is 11.5 Å². The number of ether oxygens (including phenoxy) is 2. The lowest BCUT2D eigenvalue weighted by Gasteiger charge is -2.25. The lowest BCUT2D eigenvalue weighted by atomic mass is 10.0. The second-order valence-corrected chi connectivity index (χ2v) is 7.83. The Labute approximate surface area is 163 Å². The van der Waals surface area contributed by atoms with Crippen molar-refractivity contribution >= 4 is 27.5 Å². The van der Waals surface area contributed by atoms with Crippen LogP contribution < -0.4 is 14.8 Å². The van der Waals surface area contributed by atoms with Gasteiger partial charge in [-0.1, -0.05) is 52.7 Å². The summed E-state index contributed by atoms with van der Waals surface area (Å²) in [7, 11) is 1.65. The fourth-order valence-corrected chi connectivity index (χ4v) is 2.87. The van der Waals surface area contributed by atoms with Crippen LogP contribution in [0.15, 0.2) is 40.9 Å². The molecule has 0 atom stereocenters. The van der Waals surface area contributed by atoms with E-state index in [0.717, 1.165) is 28.6 Å². The lowest BCUT2D eigenvalue weighted by molar-refractivity contribution is 0.284. The maximum atomic E-state index is 6.19. The molecule has 136 valence electrons. The molecule has 0 aliphatic rings. The van der Waals surface area contributed by atoms with E-state index in [-0.39, 0.29) is 5.54 Å². The minimum atomic E-state index is 0.0892. The van der Waals surface area contributed by atoms with Gasteiger partial charge >= 0.3 is 0 Å². The summed E-state index contributed by atoms with van der Waals surface area (Å²) in [5.41, 5.74) is 2.16. The first-order valence-electron chi connectivity index (χ1n) is 8.34. The first-order chi connectivity index (χ1) is 11.9. The van der Waals surface area contributed by atoms with Gasteiger partial charge < -0.3 is 14.8 Å². The summed E-state index contributed by atoms with van der Waals surface area (Å²) < 4.78 is 12.4. The number of hydrogen-bond donors (Lipinski definition) is 1. The molecule has 0 radical (unpaired) electrons. The van der Waals surface area contributed by atoms with Gasteiger partial charge in [-0.2, -0.15) is 0 Å². The smallest absolute Gasteiger partial charge is 0.162 e. The molecule has 0 saturated heterocycles. The second kappa shape index (κ2) is 8.93. The van der Waals surface area contributed by atoms with Crippen LogP contribution in [0.4, 0.5) is 0 Å². The fraction of sp³-hybridized carbons (Fsp3) is 0.400. The van der Waals surface area contributed by atoms with Crippen LogP contribution in [0, 0.1) is 0 Å². The highest BCUT2D eigenvalue weighted by Gasteiger charge is 2.16. The van der Waals surface area contributed by atoms with Gasteiger partial charge in [-0.3, -0.25) is 0 Å². The molecule has 1 N–H and O–H groups in total. The predicted octanol–water partition coefficient (Wildman–Crippen LogP) is 5.97. The van der Waals surface area contributed by atoms with Crippen LogP contribution in [0.3, 0.4) is 0 Å². The molecule has 2 rings (SSSR count). The van der Waals surface area contributed by atoms with Gasteiger partial charge in [0.2, 0.25) is 0 Å². The Morgan fingerprint density at radius 1 is 1.12 bits per heavy atom. The predicted molar refractivity (Wildman–Crippen MR) is 108 cm³/mol. The minimum absolute atomic E-state index is 0.0892. The normalized spacial score (nSPS) is 11.4. The molecule has 0 unspecified atom stereocenters. The van der Waals surface area contributed by atoms with E-state index in [9.17, 15) is 0 Å². The second-order valence-electron chi connectivity index (χ2n) is 6.57. The molecule has 0 spiro atoms. The summed E-state index contributed by atoms with van der Waals surface area (Å²) in [6.07, 6.45) is 1.06. The third kappa shape index (κ3) is 5.63. The van der Waals surface area contributed by atoms with Crippen molar-refractivity contribution in [3.05, 3.63) is 57.0 Å². The fourth-order valence-electron chi connectivity index (χ4n) is 2.22. The standard InChI is InChI=1S/C20H25BrClNO2/c1-5-20(2,3)23-12-15-10-18(24-4)19(11-16(15)21)25-13-14-8-6-7-9-17(14)22/h6-11,23H,5,12-13H2,1-4H3. The monoisotopic (exact) mass is 425 g/mol. The summed E-state index contributed by atoms with van der Waals surface area (Å²) >= 11 is 9.83. The van der Waals surface area contributed by atoms with Gasteiger partial charge in [-0.25, -0.2) is 0 Å². The Morgan fingerprint density at radius 2 is 1.84 bits per heavy atom. The topological polar surface area (TPSA) is 30.5 Å². The number of benzene rings is 2. The van der Waals surface area contributed by atoms with E-state index in [1.165, 1.54) is 0 Å². The average molecular weight is 427 g/mol. The molecule has 0 bridgehead atoms. The quantitative estimate of drug-likeness (QED) is 0.564. The molecule has 0 heterocycles. The Morgan fingerprint density at radius 3 is 2.48 bits per heavy atom. The van der Waals surface area contributed by atoms with Gasteiger partial charge in [0.15, 0.2) is 11.5 Å². The first kappa shape index (κ1) is 20.1. The molecule has 0 aliphatic heterocycles. The third-order valence-electron chi connectivity index (χ3n) is 4.31. The van der Waals surface area contributed by atoms with Crippen molar-refractivity contribution in [2.24, 2.45) is 0 Å². The highest BCUT2D eigenvalue weighted by atomic mass is 79.9. The van der Waals surface area contributed by atoms with Crippen LogP contribution in [-0.2, 0) is 13.2 Å². The molecule has 3 nitrogen and oxygen atoms in total. The third-order valence-corrected chi connectivity index (χ3v) is 5.42. The Kier molecular flexibility index (Phi) is 7.17. The Bertz CT molecular complexity index is 719. The van der Waals surface area contributed by atoms with E-state index in [1.807, 2.05) is 36.4 Å². The largest absolute Gasteiger partial charge is 0.493 e. The molecule has 0 amide bonds. The number of halogens is 2. The Hall–Kier alpha value is -1.23. The van der Waals surface area contributed by atoms with E-state index in [4.69, 9.17) is 21.1 Å². The SMILES string of the molecule is CCC(C)(C)NCc1cc(OC)c(OCc2ccccc2Cl)cc1Br. The van der Waals surface area contributed by atoms with Crippen LogP contribution in [0.25, 0.3) is 0 Å². The summed E-state index contributed by atoms with van der Waals surface area (Å²) in [6, 6.07) is 11.6. The van der Waals surface area contributed by atoms with Crippen molar-refractivity contribution in [1.82, 2.24) is 5.32 Å². The van der Waals surface area contributed by atoms with Gasteiger partial charge in [0, 0.05) is 27.1 Å². The van der Waals surface area contributed by atoms with E-state index in [1.54, 1.807) is 7.11 Å². The minimum Gasteiger partial charge on any atom is -0.493 e. The molecule has 25 heavy (non-hydrogen) atoms. The van der Waals surface area contributed by atoms with Crippen molar-refractivity contribution in [2.75, 3.05) is 7.11 Å². The van der Waals surface area contributed by atoms with Crippen LogP contribution in [-0.4, -0.2) is 12.6 Å². The summed E-state index contributed by atoms with van der Waals surface area (Å²) in [6.45, 7) is 7.71. The van der Waals surface area contributed by atoms with E-state index >= 15 is 0 Å². The van der Waals surface area contributed by atoms with Crippen molar-refractivity contribution in [2.45, 2.75) is 45.9 Å². The number of methoxy groups -OCH3 is 1. The molecule has 0 aliphatic carbocycles. The highest BCUT2D eigenvalue weighted by molar-refractivity contribution is 9.10. The Balaban J connectivity index is 2.14. The van der Waals surface area contributed by atoms with Crippen LogP contribution >= 0.6 is 27.5 Å². The summed E-state index contributed by atoms with van der Waals surface area (Å²) in [5, 5.41) is 4.26. The van der Waals surface area contributed by atoms with Crippen molar-refractivity contribution < 1.29 is 9.47 Å². The number of hydrogen-bond acceptors (Lipinski definition) is 3. The zero-order chi connectivity index (χ0) is 18.4. The molecular formula is C20H25BrClNO2. The molecule has 5 heteroatoms. The molecular weight excluding hydrogens is 402 g/mol. The maximum Gasteiger partial charge on any atom is 0.162 e. The van der Waals surface area contributed by atoms with E-state index in [0.29, 0.717) is 23.1 Å². The first-order valence-corrected chi connectivity index (χ1v) is 9.51. The molecule has 0 aromatic heterocycles. The van der Waals surface area contributed by atoms with Crippen LogP contribution in [0.2, 0.25) is 5.02 Å². The maximum absolute atomic E-state index is 6.19. The molecule has 0 fully saturated rings. The van der Waals surface area contributed by atoms with Crippen molar-refractivity contribution in [1.29, 1.82) is 0 Å². The van der Waals surface area contributed by atoms with Crippen molar-refractivity contribution in [3.63, 3.8) is 0 Å². The van der Waals surface area contributed by atoms with E-state index in [2.05, 4.69) is 42.0 Å². The average Bonchev–Trinajstić information content (AvgIpc) is 2.60. The van der Waals surface area contributed by atoms with Crippen molar-refractivity contribution in [3.8, 4) is 11.5 Å². The van der Waals surface area contributed by atoms with E-state index < -0.39 is 0 Å². The van der Waals surface area contributed by atoms with Gasteiger partial charge in [0.1, 0.15) is 6.61 Å². The molecule has 0 saturated carbocycles. The van der Waals surface area contributed by atoms with Gasteiger partial charge in [-0.05, 0) is 44.0 Å². The lowest BCUT2D eigenvalue weighted by Crippen LogP contribution is -2.37. The molecule has 2 aromatic carbocycles. The highest BCUT2D eigenvalue weighted by Crippen LogP contribution is 2.34. The van der Waals surface area contributed by atoms with Crippen LogP contribution in [0.1, 0.15) is 38.3 Å². The van der Waals surface area contributed by atoms with Gasteiger partial charge in [0.05, 0.1) is 7.11 Å². The number of rotatable bonds is 8. The number of nitrogens with one attached hydrogen (secondary N) is 1. The summed E-state index contributed by atoms with van der Waals surface area (Å²) in [5.74, 6) is 1.40. The van der Waals surface area contributed by atoms with Gasteiger partial charge in [-0.15, -0.1) is 0 Å². The summed E-state index contributed by atoms with van der Waals surface area (Å²) in [4.78, 5) is 0. The molecule has 2 aromatic rings. The zero-order valence-corrected chi connectivity index (χ0v) is 17.5.